The minimum Gasteiger partial charge on any atom is -0.323 e. The number of anilines is 1. The minimum absolute atomic E-state index is 0.0516. The van der Waals surface area contributed by atoms with Gasteiger partial charge in [-0.2, -0.15) is 13.2 Å². The number of nitrogens with one attached hydrogen (secondary N) is 1. The molecule has 0 aliphatic carbocycles. The second-order valence-corrected chi connectivity index (χ2v) is 5.21. The number of nitrogens with zero attached hydrogens (tertiary/aromatic N) is 1. The third-order valence-electron chi connectivity index (χ3n) is 2.66. The van der Waals surface area contributed by atoms with Crippen molar-refractivity contribution in [3.8, 4) is 0 Å². The van der Waals surface area contributed by atoms with Gasteiger partial charge in [-0.1, -0.05) is 27.5 Å². The summed E-state index contributed by atoms with van der Waals surface area (Å²) in [6.45, 7) is 1.30. The summed E-state index contributed by atoms with van der Waals surface area (Å²) >= 11 is 9.16. The first-order valence-corrected chi connectivity index (χ1v) is 6.26. The van der Waals surface area contributed by atoms with Gasteiger partial charge in [-0.05, 0) is 19.1 Å². The number of halogens is 5. The number of benzene rings is 1. The Hall–Kier alpha value is -1.05. The van der Waals surface area contributed by atoms with E-state index in [0.29, 0.717) is 9.86 Å². The molecule has 8 heteroatoms. The van der Waals surface area contributed by atoms with Crippen LogP contribution in [0.2, 0.25) is 5.02 Å². The maximum atomic E-state index is 12.9. The van der Waals surface area contributed by atoms with Gasteiger partial charge in [-0.25, -0.2) is 4.98 Å². The van der Waals surface area contributed by atoms with Crippen molar-refractivity contribution in [2.45, 2.75) is 13.1 Å². The molecule has 0 saturated carbocycles. The molecule has 1 aromatic heterocycles. The molecule has 0 unspecified atom stereocenters. The number of rotatable bonds is 1. The molecule has 0 aliphatic rings. The third kappa shape index (κ3) is 2.50. The highest BCUT2D eigenvalue weighted by molar-refractivity contribution is 9.10. The second-order valence-electron chi connectivity index (χ2n) is 3.89. The highest BCUT2D eigenvalue weighted by Gasteiger charge is 2.36. The molecule has 3 N–H and O–H groups in total. The molecular weight excluding hydrogens is 346 g/mol. The third-order valence-corrected chi connectivity index (χ3v) is 3.41. The Balaban J connectivity index is 2.95. The van der Waals surface area contributed by atoms with Crippen molar-refractivity contribution in [1.82, 2.24) is 4.98 Å². The van der Waals surface area contributed by atoms with E-state index in [2.05, 4.69) is 26.3 Å². The normalized spacial score (nSPS) is 11.9. The molecule has 1 heterocycles. The van der Waals surface area contributed by atoms with Crippen molar-refractivity contribution in [3.63, 3.8) is 0 Å². The first-order valence-electron chi connectivity index (χ1n) is 5.09. The van der Waals surface area contributed by atoms with Crippen LogP contribution in [0.4, 0.5) is 18.9 Å². The monoisotopic (exact) mass is 353 g/mol. The number of fused-ring (bicyclic) bond motifs is 1. The molecule has 2 aromatic rings. The predicted octanol–water partition coefficient (Wildman–Crippen LogP) is 4.26. The van der Waals surface area contributed by atoms with Crippen LogP contribution in [0, 0.1) is 6.92 Å². The lowest BCUT2D eigenvalue weighted by molar-refractivity contribution is -0.141. The van der Waals surface area contributed by atoms with Crippen molar-refractivity contribution in [2.75, 3.05) is 5.43 Å². The molecule has 3 nitrogen and oxygen atoms in total. The van der Waals surface area contributed by atoms with Crippen molar-refractivity contribution in [1.29, 1.82) is 0 Å². The van der Waals surface area contributed by atoms with Crippen LogP contribution in [0.3, 0.4) is 0 Å². The Morgan fingerprint density at radius 2 is 2.00 bits per heavy atom. The molecule has 0 bridgehead atoms. The number of hydrogen-bond acceptors (Lipinski definition) is 3. The molecule has 102 valence electrons. The standard InChI is InChI=1S/C11H8BrClF3N3/c1-4-8(19-17)6-2-5(12)3-7(13)9(6)18-10(4)11(14,15)16/h2-3H,17H2,1H3,(H,18,19). The van der Waals surface area contributed by atoms with Crippen LogP contribution in [0.15, 0.2) is 16.6 Å². The summed E-state index contributed by atoms with van der Waals surface area (Å²) in [5, 5.41) is 0.541. The largest absolute Gasteiger partial charge is 0.433 e. The van der Waals surface area contributed by atoms with Gasteiger partial charge in [0.25, 0.3) is 0 Å². The van der Waals surface area contributed by atoms with Gasteiger partial charge in [0.05, 0.1) is 16.2 Å². The maximum Gasteiger partial charge on any atom is 0.433 e. The highest BCUT2D eigenvalue weighted by atomic mass is 79.9. The molecule has 0 amide bonds. The van der Waals surface area contributed by atoms with E-state index in [-0.39, 0.29) is 21.8 Å². The average Bonchev–Trinajstić information content (AvgIpc) is 2.26. The van der Waals surface area contributed by atoms with Gasteiger partial charge in [0.2, 0.25) is 0 Å². The quantitative estimate of drug-likeness (QED) is 0.594. The maximum absolute atomic E-state index is 12.9. The molecule has 0 aliphatic heterocycles. The Morgan fingerprint density at radius 3 is 2.53 bits per heavy atom. The Morgan fingerprint density at radius 1 is 1.37 bits per heavy atom. The van der Waals surface area contributed by atoms with E-state index < -0.39 is 11.9 Å². The number of hydrogen-bond donors (Lipinski definition) is 2. The molecule has 2 rings (SSSR count). The van der Waals surface area contributed by atoms with Gasteiger partial charge in [0, 0.05) is 15.4 Å². The first kappa shape index (κ1) is 14.4. The van der Waals surface area contributed by atoms with E-state index in [1.165, 1.54) is 13.0 Å². The van der Waals surface area contributed by atoms with Gasteiger partial charge in [-0.3, -0.25) is 5.84 Å². The van der Waals surface area contributed by atoms with E-state index in [4.69, 9.17) is 17.4 Å². The fourth-order valence-corrected chi connectivity index (χ4v) is 2.70. The fourth-order valence-electron chi connectivity index (χ4n) is 1.85. The van der Waals surface area contributed by atoms with Crippen LogP contribution < -0.4 is 11.3 Å². The summed E-state index contributed by atoms with van der Waals surface area (Å²) in [6.07, 6.45) is -4.57. The lowest BCUT2D eigenvalue weighted by Gasteiger charge is -2.16. The van der Waals surface area contributed by atoms with E-state index >= 15 is 0 Å². The highest BCUT2D eigenvalue weighted by Crippen LogP contribution is 2.39. The molecule has 0 atom stereocenters. The number of pyridine rings is 1. The van der Waals surface area contributed by atoms with Crippen molar-refractivity contribution < 1.29 is 13.2 Å². The van der Waals surface area contributed by atoms with Crippen LogP contribution in [-0.4, -0.2) is 4.98 Å². The van der Waals surface area contributed by atoms with Crippen molar-refractivity contribution in [2.24, 2.45) is 5.84 Å². The summed E-state index contributed by atoms with van der Waals surface area (Å²) in [7, 11) is 0. The van der Waals surface area contributed by atoms with E-state index in [1.54, 1.807) is 6.07 Å². The van der Waals surface area contributed by atoms with Crippen LogP contribution in [0.1, 0.15) is 11.3 Å². The van der Waals surface area contributed by atoms with E-state index in [9.17, 15) is 13.2 Å². The van der Waals surface area contributed by atoms with E-state index in [0.717, 1.165) is 0 Å². The Labute approximate surface area is 120 Å². The zero-order valence-electron chi connectivity index (χ0n) is 9.57. The molecule has 0 fully saturated rings. The van der Waals surface area contributed by atoms with Crippen LogP contribution in [-0.2, 0) is 6.18 Å². The zero-order chi connectivity index (χ0) is 14.4. The topological polar surface area (TPSA) is 50.9 Å². The summed E-state index contributed by atoms with van der Waals surface area (Å²) in [5.74, 6) is 5.33. The van der Waals surface area contributed by atoms with Crippen LogP contribution >= 0.6 is 27.5 Å². The molecular formula is C11H8BrClF3N3. The molecule has 19 heavy (non-hydrogen) atoms. The van der Waals surface area contributed by atoms with Gasteiger partial charge >= 0.3 is 6.18 Å². The summed E-state index contributed by atoms with van der Waals surface area (Å²) in [5.41, 5.74) is 1.42. The van der Waals surface area contributed by atoms with Gasteiger partial charge < -0.3 is 5.43 Å². The van der Waals surface area contributed by atoms with Gasteiger partial charge in [-0.15, -0.1) is 0 Å². The molecule has 0 saturated heterocycles. The molecule has 0 spiro atoms. The van der Waals surface area contributed by atoms with Crippen molar-refractivity contribution >= 4 is 44.1 Å². The molecule has 0 radical (unpaired) electrons. The lowest BCUT2D eigenvalue weighted by atomic mass is 10.1. The Kier molecular flexibility index (Phi) is 3.63. The smallest absolute Gasteiger partial charge is 0.323 e. The van der Waals surface area contributed by atoms with Gasteiger partial charge in [0.15, 0.2) is 0 Å². The summed E-state index contributed by atoms with van der Waals surface area (Å²) in [4.78, 5) is 3.62. The Bertz CT molecular complexity index is 658. The van der Waals surface area contributed by atoms with Crippen molar-refractivity contribution in [3.05, 3.63) is 32.9 Å². The molecule has 1 aromatic carbocycles. The van der Waals surface area contributed by atoms with Gasteiger partial charge in [0.1, 0.15) is 5.69 Å². The first-order chi connectivity index (χ1) is 8.75. The van der Waals surface area contributed by atoms with E-state index in [1.807, 2.05) is 0 Å². The average molecular weight is 355 g/mol. The zero-order valence-corrected chi connectivity index (χ0v) is 11.9. The lowest BCUT2D eigenvalue weighted by Crippen LogP contribution is -2.16. The minimum atomic E-state index is -4.57. The second kappa shape index (κ2) is 4.81. The number of nitrogen functional groups attached to an aromatic ring is 1. The summed E-state index contributed by atoms with van der Waals surface area (Å²) < 4.78 is 39.4. The predicted molar refractivity (Wildman–Crippen MR) is 72.0 cm³/mol. The van der Waals surface area contributed by atoms with Crippen LogP contribution in [0.5, 0.6) is 0 Å². The number of alkyl halides is 3. The van der Waals surface area contributed by atoms with Crippen LogP contribution in [0.25, 0.3) is 10.9 Å². The summed E-state index contributed by atoms with van der Waals surface area (Å²) in [6, 6.07) is 3.09. The SMILES string of the molecule is Cc1c(C(F)(F)F)nc2c(Cl)cc(Br)cc2c1NN. The fraction of sp³-hybridized carbons (Fsp3) is 0.182. The number of hydrazine groups is 1. The number of nitrogens with two attached hydrogens (primary N) is 1. The number of aromatic nitrogens is 1.